The zero-order chi connectivity index (χ0) is 15.7. The fourth-order valence-corrected chi connectivity index (χ4v) is 5.26. The molecule has 2 atom stereocenters. The number of thioether (sulfide) groups is 1. The van der Waals surface area contributed by atoms with Crippen molar-refractivity contribution in [2.75, 3.05) is 33.0 Å². The molecule has 2 heterocycles. The molecule has 0 saturated carbocycles. The van der Waals surface area contributed by atoms with Crippen LogP contribution in [0.1, 0.15) is 24.6 Å². The Balaban J connectivity index is 2.08. The average Bonchev–Trinajstić information content (AvgIpc) is 2.87. The van der Waals surface area contributed by atoms with E-state index in [4.69, 9.17) is 0 Å². The number of aryl methyl sites for hydroxylation is 1. The van der Waals surface area contributed by atoms with Crippen molar-refractivity contribution in [1.29, 1.82) is 0 Å². The molecule has 120 valence electrons. The lowest BCUT2D eigenvalue weighted by atomic mass is 9.84. The molecule has 1 aromatic carbocycles. The number of aliphatic hydroxyl groups excluding tert-OH is 1. The molecule has 1 aliphatic heterocycles. The summed E-state index contributed by atoms with van der Waals surface area (Å²) in [6.45, 7) is 3.61. The number of fused-ring (bicyclic) bond motifs is 3. The summed E-state index contributed by atoms with van der Waals surface area (Å²) in [5.41, 5.74) is 4.11. The summed E-state index contributed by atoms with van der Waals surface area (Å²) in [5.74, 6) is 1.59. The van der Waals surface area contributed by atoms with Crippen LogP contribution in [0.4, 0.5) is 0 Å². The molecule has 1 aromatic heterocycles. The van der Waals surface area contributed by atoms with Crippen LogP contribution in [0.2, 0.25) is 0 Å². The summed E-state index contributed by atoms with van der Waals surface area (Å²) in [5, 5.41) is 10.9. The van der Waals surface area contributed by atoms with Gasteiger partial charge in [0.05, 0.1) is 4.75 Å². The van der Waals surface area contributed by atoms with Gasteiger partial charge in [0.1, 0.15) is 0 Å². The van der Waals surface area contributed by atoms with Gasteiger partial charge in [-0.05, 0) is 57.2 Å². The van der Waals surface area contributed by atoms with E-state index in [1.807, 2.05) is 11.8 Å². The first-order valence-electron chi connectivity index (χ1n) is 8.06. The molecule has 0 bridgehead atoms. The fraction of sp³-hybridized carbons (Fsp3) is 0.556. The first kappa shape index (κ1) is 15.9. The lowest BCUT2D eigenvalue weighted by molar-refractivity contribution is 0.202. The van der Waals surface area contributed by atoms with Crippen LogP contribution in [0.3, 0.4) is 0 Å². The molecule has 0 aliphatic carbocycles. The molecule has 0 spiro atoms. The second-order valence-corrected chi connectivity index (χ2v) is 8.25. The molecule has 3 nitrogen and oxygen atoms in total. The zero-order valence-corrected chi connectivity index (χ0v) is 14.5. The highest BCUT2D eigenvalue weighted by atomic mass is 32.2. The van der Waals surface area contributed by atoms with Gasteiger partial charge in [-0.2, -0.15) is 0 Å². The van der Waals surface area contributed by atoms with Crippen molar-refractivity contribution in [1.82, 2.24) is 9.88 Å². The summed E-state index contributed by atoms with van der Waals surface area (Å²) >= 11 is 2.04. The molecule has 3 rings (SSSR count). The number of nitrogens with zero attached hydrogens (tertiary/aromatic N) is 1. The van der Waals surface area contributed by atoms with E-state index >= 15 is 0 Å². The lowest BCUT2D eigenvalue weighted by Crippen LogP contribution is -2.39. The summed E-state index contributed by atoms with van der Waals surface area (Å²) < 4.78 is 0.0413. The second kappa shape index (κ2) is 6.26. The predicted octanol–water partition coefficient (Wildman–Crippen LogP) is 3.23. The van der Waals surface area contributed by atoms with Gasteiger partial charge >= 0.3 is 0 Å². The highest BCUT2D eigenvalue weighted by Crippen LogP contribution is 2.50. The highest BCUT2D eigenvalue weighted by molar-refractivity contribution is 8.00. The van der Waals surface area contributed by atoms with E-state index in [1.165, 1.54) is 22.2 Å². The van der Waals surface area contributed by atoms with Gasteiger partial charge in [-0.3, -0.25) is 0 Å². The SMILES string of the molecule is CN(C)CC(CCO)C1(C)SCCc2c1[nH]c1ccccc21. The van der Waals surface area contributed by atoms with Gasteiger partial charge in [0.2, 0.25) is 0 Å². The van der Waals surface area contributed by atoms with Crippen molar-refractivity contribution in [3.8, 4) is 0 Å². The molecule has 2 unspecified atom stereocenters. The van der Waals surface area contributed by atoms with E-state index in [1.54, 1.807) is 0 Å². The molecule has 0 amide bonds. The molecule has 0 fully saturated rings. The third-order valence-corrected chi connectivity index (χ3v) is 6.45. The Kier molecular flexibility index (Phi) is 4.53. The van der Waals surface area contributed by atoms with Gasteiger partial charge in [-0.15, -0.1) is 11.8 Å². The molecule has 1 aliphatic rings. The summed E-state index contributed by atoms with van der Waals surface area (Å²) in [6.07, 6.45) is 1.98. The number of rotatable bonds is 5. The maximum atomic E-state index is 9.54. The van der Waals surface area contributed by atoms with Crippen LogP contribution >= 0.6 is 11.8 Å². The molecule has 4 heteroatoms. The fourth-order valence-electron chi connectivity index (χ4n) is 3.78. The van der Waals surface area contributed by atoms with Crippen molar-refractivity contribution in [2.24, 2.45) is 5.92 Å². The molecule has 2 N–H and O–H groups in total. The number of benzene rings is 1. The predicted molar refractivity (Wildman–Crippen MR) is 95.6 cm³/mol. The van der Waals surface area contributed by atoms with Crippen LogP contribution in [0.5, 0.6) is 0 Å². The molecule has 0 saturated heterocycles. The highest BCUT2D eigenvalue weighted by Gasteiger charge is 2.41. The third kappa shape index (κ3) is 2.68. The van der Waals surface area contributed by atoms with Gasteiger partial charge in [-0.25, -0.2) is 0 Å². The van der Waals surface area contributed by atoms with E-state index in [-0.39, 0.29) is 11.4 Å². The topological polar surface area (TPSA) is 39.3 Å². The Bertz CT molecular complexity index is 652. The number of hydrogen-bond donors (Lipinski definition) is 2. The van der Waals surface area contributed by atoms with Crippen molar-refractivity contribution >= 4 is 22.7 Å². The normalized spacial score (nSPS) is 23.0. The first-order chi connectivity index (χ1) is 10.6. The average molecular weight is 318 g/mol. The van der Waals surface area contributed by atoms with Gasteiger partial charge in [0.25, 0.3) is 0 Å². The number of H-pyrrole nitrogens is 1. The molecule has 0 radical (unpaired) electrons. The maximum absolute atomic E-state index is 9.54. The van der Waals surface area contributed by atoms with E-state index in [9.17, 15) is 5.11 Å². The van der Waals surface area contributed by atoms with Gasteiger partial charge in [0, 0.05) is 29.7 Å². The molecular formula is C18H26N2OS. The largest absolute Gasteiger partial charge is 0.396 e. The van der Waals surface area contributed by atoms with Crippen molar-refractivity contribution in [2.45, 2.75) is 24.5 Å². The first-order valence-corrected chi connectivity index (χ1v) is 9.04. The Morgan fingerprint density at radius 3 is 2.86 bits per heavy atom. The van der Waals surface area contributed by atoms with Crippen LogP contribution < -0.4 is 0 Å². The smallest absolute Gasteiger partial charge is 0.0574 e. The minimum atomic E-state index is 0.0413. The summed E-state index contributed by atoms with van der Waals surface area (Å²) in [4.78, 5) is 5.94. The van der Waals surface area contributed by atoms with E-state index in [2.05, 4.69) is 55.2 Å². The molecule has 22 heavy (non-hydrogen) atoms. The maximum Gasteiger partial charge on any atom is 0.0574 e. The van der Waals surface area contributed by atoms with Gasteiger partial charge < -0.3 is 15.0 Å². The minimum absolute atomic E-state index is 0.0413. The zero-order valence-electron chi connectivity index (χ0n) is 13.7. The number of para-hydroxylation sites is 1. The summed E-state index contributed by atoms with van der Waals surface area (Å²) in [7, 11) is 4.24. The quantitative estimate of drug-likeness (QED) is 0.889. The second-order valence-electron chi connectivity index (χ2n) is 6.70. The Morgan fingerprint density at radius 1 is 1.36 bits per heavy atom. The van der Waals surface area contributed by atoms with Crippen LogP contribution in [0.25, 0.3) is 10.9 Å². The van der Waals surface area contributed by atoms with Crippen molar-refractivity contribution < 1.29 is 5.11 Å². The number of nitrogens with one attached hydrogen (secondary N) is 1. The molecule has 2 aromatic rings. The van der Waals surface area contributed by atoms with Crippen LogP contribution in [0, 0.1) is 5.92 Å². The van der Waals surface area contributed by atoms with Gasteiger partial charge in [0.15, 0.2) is 0 Å². The van der Waals surface area contributed by atoms with Crippen LogP contribution in [0.15, 0.2) is 24.3 Å². The van der Waals surface area contributed by atoms with Gasteiger partial charge in [-0.1, -0.05) is 18.2 Å². The minimum Gasteiger partial charge on any atom is -0.396 e. The van der Waals surface area contributed by atoms with Crippen molar-refractivity contribution in [3.63, 3.8) is 0 Å². The van der Waals surface area contributed by atoms with E-state index in [0.29, 0.717) is 5.92 Å². The monoisotopic (exact) mass is 318 g/mol. The number of aliphatic hydroxyl groups is 1. The Morgan fingerprint density at radius 2 is 2.14 bits per heavy atom. The standard InChI is InChI=1S/C18H26N2OS/c1-18(13(8-10-21)12-20(2)3)17-15(9-11-22-18)14-6-4-5-7-16(14)19-17/h4-7,13,19,21H,8-12H2,1-3H3. The Hall–Kier alpha value is -0.970. The van der Waals surface area contributed by atoms with Crippen LogP contribution in [-0.4, -0.2) is 48.0 Å². The van der Waals surface area contributed by atoms with Crippen LogP contribution in [-0.2, 0) is 11.2 Å². The Labute approximate surface area is 137 Å². The van der Waals surface area contributed by atoms with Crippen molar-refractivity contribution in [3.05, 3.63) is 35.5 Å². The summed E-state index contributed by atoms with van der Waals surface area (Å²) in [6, 6.07) is 8.63. The van der Waals surface area contributed by atoms with E-state index < -0.39 is 0 Å². The third-order valence-electron chi connectivity index (χ3n) is 4.91. The lowest BCUT2D eigenvalue weighted by Gasteiger charge is -2.41. The number of aromatic amines is 1. The van der Waals surface area contributed by atoms with E-state index in [0.717, 1.165) is 25.1 Å². The molecular weight excluding hydrogens is 292 g/mol. The number of aromatic nitrogens is 1. The number of hydrogen-bond acceptors (Lipinski definition) is 3.